The summed E-state index contributed by atoms with van der Waals surface area (Å²) in [4.78, 5) is 30.9. The lowest BCUT2D eigenvalue weighted by Crippen LogP contribution is -2.46. The van der Waals surface area contributed by atoms with E-state index in [4.69, 9.17) is 16.3 Å². The van der Waals surface area contributed by atoms with Crippen LogP contribution in [0.1, 0.15) is 28.8 Å². The molecular weight excluding hydrogens is 770 g/mol. The molecular formula is C42H42ClN5O6S2. The molecule has 2 fully saturated rings. The molecule has 0 bridgehead atoms. The molecule has 14 heteroatoms. The number of halogens is 1. The molecule has 0 unspecified atom stereocenters. The van der Waals surface area contributed by atoms with Crippen LogP contribution in [0.15, 0.2) is 130 Å². The Hall–Kier alpha value is -4.92. The summed E-state index contributed by atoms with van der Waals surface area (Å²) in [5.74, 6) is -0.539. The van der Waals surface area contributed by atoms with Gasteiger partial charge in [-0.05, 0) is 90.0 Å². The highest BCUT2D eigenvalue weighted by Gasteiger charge is 2.27. The Balaban J connectivity index is 1.06. The molecule has 0 spiro atoms. The average Bonchev–Trinajstić information content (AvgIpc) is 3.21. The zero-order chi connectivity index (χ0) is 39.1. The van der Waals surface area contributed by atoms with Crippen LogP contribution in [0.3, 0.4) is 0 Å². The van der Waals surface area contributed by atoms with Crippen LogP contribution in [0.2, 0.25) is 5.02 Å². The molecule has 290 valence electrons. The minimum absolute atomic E-state index is 0.174. The lowest BCUT2D eigenvalue weighted by Gasteiger charge is -2.36. The van der Waals surface area contributed by atoms with E-state index in [1.165, 1.54) is 35.0 Å². The van der Waals surface area contributed by atoms with E-state index < -0.39 is 20.9 Å². The molecule has 2 N–H and O–H groups in total. The van der Waals surface area contributed by atoms with Crippen molar-refractivity contribution in [3.63, 3.8) is 0 Å². The van der Waals surface area contributed by atoms with Crippen LogP contribution in [0.5, 0.6) is 0 Å². The van der Waals surface area contributed by atoms with Crippen LogP contribution in [-0.4, -0.2) is 70.1 Å². The average molecular weight is 812 g/mol. The summed E-state index contributed by atoms with van der Waals surface area (Å²) in [5.41, 5.74) is 4.46. The Morgan fingerprint density at radius 3 is 2.32 bits per heavy atom. The van der Waals surface area contributed by atoms with Gasteiger partial charge in [0.25, 0.3) is 21.6 Å². The van der Waals surface area contributed by atoms with Gasteiger partial charge in [-0.25, -0.2) is 13.1 Å². The van der Waals surface area contributed by atoms with Gasteiger partial charge in [0.2, 0.25) is 0 Å². The number of hydrogen-bond acceptors (Lipinski definition) is 10. The summed E-state index contributed by atoms with van der Waals surface area (Å²) >= 11 is 7.51. The number of ether oxygens (including phenoxy) is 1. The van der Waals surface area contributed by atoms with Crippen molar-refractivity contribution in [3.8, 4) is 11.1 Å². The zero-order valence-electron chi connectivity index (χ0n) is 30.6. The Labute approximate surface area is 336 Å². The molecule has 5 aromatic carbocycles. The molecule has 5 aromatic rings. The highest BCUT2D eigenvalue weighted by molar-refractivity contribution is 7.99. The van der Waals surface area contributed by atoms with Gasteiger partial charge in [-0.1, -0.05) is 78.0 Å². The number of hydrogen-bond donors (Lipinski definition) is 2. The number of carbonyl (C=O) groups excluding carboxylic acids is 1. The minimum Gasteiger partial charge on any atom is -0.381 e. The molecule has 0 radical (unpaired) electrons. The first-order chi connectivity index (χ1) is 27.1. The second-order valence-corrected chi connectivity index (χ2v) is 17.1. The number of carbonyl (C=O) groups is 1. The number of amides is 1. The molecule has 56 heavy (non-hydrogen) atoms. The summed E-state index contributed by atoms with van der Waals surface area (Å²) < 4.78 is 34.7. The largest absolute Gasteiger partial charge is 0.381 e. The fourth-order valence-electron chi connectivity index (χ4n) is 6.99. The van der Waals surface area contributed by atoms with Gasteiger partial charge < -0.3 is 15.0 Å². The van der Waals surface area contributed by atoms with Crippen LogP contribution in [0, 0.1) is 16.0 Å². The predicted molar refractivity (Wildman–Crippen MR) is 221 cm³/mol. The summed E-state index contributed by atoms with van der Waals surface area (Å²) in [6.07, 6.45) is 1.67. The normalized spacial score (nSPS) is 15.3. The summed E-state index contributed by atoms with van der Waals surface area (Å²) in [6, 6.07) is 34.9. The lowest BCUT2D eigenvalue weighted by molar-refractivity contribution is -0.384. The van der Waals surface area contributed by atoms with E-state index in [1.54, 1.807) is 6.07 Å². The van der Waals surface area contributed by atoms with E-state index in [0.29, 0.717) is 35.6 Å². The van der Waals surface area contributed by atoms with Crippen LogP contribution in [0.4, 0.5) is 17.1 Å². The highest BCUT2D eigenvalue weighted by Crippen LogP contribution is 2.35. The van der Waals surface area contributed by atoms with E-state index >= 15 is 0 Å². The number of nitro benzene ring substituents is 1. The Morgan fingerprint density at radius 2 is 1.59 bits per heavy atom. The Kier molecular flexibility index (Phi) is 12.6. The van der Waals surface area contributed by atoms with Crippen LogP contribution in [0.25, 0.3) is 11.1 Å². The number of nitro groups is 1. The van der Waals surface area contributed by atoms with Gasteiger partial charge in [0, 0.05) is 79.0 Å². The Bertz CT molecular complexity index is 2280. The lowest BCUT2D eigenvalue weighted by atomic mass is 9.99. The van der Waals surface area contributed by atoms with Crippen molar-refractivity contribution < 1.29 is 22.9 Å². The maximum absolute atomic E-state index is 13.8. The number of rotatable bonds is 13. The van der Waals surface area contributed by atoms with E-state index in [9.17, 15) is 23.3 Å². The maximum Gasteiger partial charge on any atom is 0.293 e. The van der Waals surface area contributed by atoms with E-state index in [2.05, 4.69) is 38.0 Å². The molecule has 11 nitrogen and oxygen atoms in total. The first-order valence-corrected chi connectivity index (χ1v) is 21.2. The quantitative estimate of drug-likeness (QED) is 0.0883. The third-order valence-corrected chi connectivity index (χ3v) is 12.8. The number of sulfonamides is 1. The first kappa shape index (κ1) is 39.3. The summed E-state index contributed by atoms with van der Waals surface area (Å²) in [6.45, 7) is 5.75. The number of benzene rings is 5. The topological polar surface area (TPSA) is 134 Å². The predicted octanol–water partition coefficient (Wildman–Crippen LogP) is 8.35. The second-order valence-electron chi connectivity index (χ2n) is 13.8. The number of piperazine rings is 1. The standard InChI is InChI=1S/C42H42ClN5O6S2/c43-33-12-10-31(11-13-33)37-9-5-4-6-32(37)29-46-20-22-47(23-21-46)34-14-16-38(41(26-34)55-35-7-2-1-3-8-35)42(49)45-56(52,53)36-15-17-39(40(27-36)48(50)51)44-28-30-18-24-54-25-19-30/h1-17,26-27,30,44H,18-25,28-29H2,(H,45,49). The molecule has 2 saturated heterocycles. The molecule has 0 aromatic heterocycles. The fraction of sp³-hybridized carbons (Fsp3) is 0.262. The molecule has 0 atom stereocenters. The fourth-order valence-corrected chi connectivity index (χ4v) is 9.10. The molecule has 0 saturated carbocycles. The van der Waals surface area contributed by atoms with Gasteiger partial charge in [0.1, 0.15) is 5.69 Å². The monoisotopic (exact) mass is 811 g/mol. The number of anilines is 2. The molecule has 7 rings (SSSR count). The van der Waals surface area contributed by atoms with Crippen LogP contribution < -0.4 is 14.9 Å². The second kappa shape index (κ2) is 17.9. The van der Waals surface area contributed by atoms with Crippen molar-refractivity contribution in [2.45, 2.75) is 34.1 Å². The zero-order valence-corrected chi connectivity index (χ0v) is 33.0. The van der Waals surface area contributed by atoms with E-state index in [0.717, 1.165) is 67.8 Å². The van der Waals surface area contributed by atoms with Crippen molar-refractivity contribution in [3.05, 3.63) is 142 Å². The van der Waals surface area contributed by atoms with E-state index in [-0.39, 0.29) is 21.8 Å². The minimum atomic E-state index is -4.47. The molecule has 0 aliphatic carbocycles. The van der Waals surface area contributed by atoms with Crippen molar-refractivity contribution in [2.24, 2.45) is 5.92 Å². The molecule has 1 amide bonds. The van der Waals surface area contributed by atoms with Gasteiger partial charge in [-0.3, -0.25) is 19.8 Å². The van der Waals surface area contributed by atoms with Crippen molar-refractivity contribution >= 4 is 56.4 Å². The third-order valence-electron chi connectivity index (χ3n) is 10.1. The van der Waals surface area contributed by atoms with Crippen molar-refractivity contribution in [1.82, 2.24) is 9.62 Å². The van der Waals surface area contributed by atoms with Crippen LogP contribution in [-0.2, 0) is 21.3 Å². The van der Waals surface area contributed by atoms with E-state index in [1.807, 2.05) is 72.8 Å². The SMILES string of the molecule is O=C(NS(=O)(=O)c1ccc(NCC2CCOCC2)c([N+](=O)[O-])c1)c1ccc(N2CCN(Cc3ccccc3-c3ccc(Cl)cc3)CC2)cc1Sc1ccccc1. The van der Waals surface area contributed by atoms with Gasteiger partial charge in [-0.15, -0.1) is 0 Å². The maximum atomic E-state index is 13.8. The van der Waals surface area contributed by atoms with Crippen molar-refractivity contribution in [2.75, 3.05) is 56.2 Å². The van der Waals surface area contributed by atoms with Gasteiger partial charge in [0.05, 0.1) is 15.4 Å². The van der Waals surface area contributed by atoms with Crippen LogP contribution >= 0.6 is 23.4 Å². The van der Waals surface area contributed by atoms with Gasteiger partial charge in [0.15, 0.2) is 0 Å². The summed E-state index contributed by atoms with van der Waals surface area (Å²) in [5, 5.41) is 15.8. The number of nitrogens with zero attached hydrogens (tertiary/aromatic N) is 3. The number of nitrogens with one attached hydrogen (secondary N) is 2. The molecule has 2 heterocycles. The first-order valence-electron chi connectivity index (χ1n) is 18.5. The Morgan fingerprint density at radius 1 is 0.875 bits per heavy atom. The molecule has 2 aliphatic rings. The summed E-state index contributed by atoms with van der Waals surface area (Å²) in [7, 11) is -4.47. The van der Waals surface area contributed by atoms with Gasteiger partial charge >= 0.3 is 0 Å². The highest BCUT2D eigenvalue weighted by atomic mass is 35.5. The van der Waals surface area contributed by atoms with Crippen molar-refractivity contribution in [1.29, 1.82) is 0 Å². The molecule has 2 aliphatic heterocycles. The smallest absolute Gasteiger partial charge is 0.293 e. The third kappa shape index (κ3) is 9.71. The van der Waals surface area contributed by atoms with Gasteiger partial charge in [-0.2, -0.15) is 0 Å².